The molecule has 3 amide bonds. The highest BCUT2D eigenvalue weighted by Gasteiger charge is 2.35. The Hall–Kier alpha value is -2.87. The molecule has 1 atom stereocenters. The number of amides is 3. The van der Waals surface area contributed by atoms with Crippen LogP contribution in [0, 0.1) is 0 Å². The van der Waals surface area contributed by atoms with E-state index in [4.69, 9.17) is 4.74 Å². The van der Waals surface area contributed by atoms with E-state index >= 15 is 0 Å². The summed E-state index contributed by atoms with van der Waals surface area (Å²) >= 11 is 1.59. The molecule has 0 bridgehead atoms. The number of urea groups is 1. The molecule has 7 nitrogen and oxygen atoms in total. The molecule has 3 rings (SSSR count). The van der Waals surface area contributed by atoms with Crippen molar-refractivity contribution in [2.75, 3.05) is 27.2 Å². The van der Waals surface area contributed by atoms with Gasteiger partial charge in [0.05, 0.1) is 23.7 Å². The number of carbonyl (C=O) groups is 2. The molecule has 0 aliphatic carbocycles. The molecule has 0 saturated heterocycles. The fraction of sp³-hybridized carbons (Fsp3) is 0.350. The van der Waals surface area contributed by atoms with Crippen LogP contribution in [-0.4, -0.2) is 54.8 Å². The Kier molecular flexibility index (Phi) is 6.30. The van der Waals surface area contributed by atoms with Crippen molar-refractivity contribution in [2.45, 2.75) is 19.4 Å². The highest BCUT2D eigenvalue weighted by atomic mass is 32.1. The van der Waals surface area contributed by atoms with Crippen LogP contribution in [0.5, 0.6) is 5.75 Å². The van der Waals surface area contributed by atoms with Crippen LogP contribution in [0.2, 0.25) is 0 Å². The van der Waals surface area contributed by atoms with E-state index in [1.54, 1.807) is 25.5 Å². The molecule has 0 fully saturated rings. The quantitative estimate of drug-likeness (QED) is 0.810. The highest BCUT2D eigenvalue weighted by molar-refractivity contribution is 7.12. The summed E-state index contributed by atoms with van der Waals surface area (Å²) in [7, 11) is 3.21. The van der Waals surface area contributed by atoms with Crippen LogP contribution in [0.3, 0.4) is 0 Å². The van der Waals surface area contributed by atoms with Gasteiger partial charge in [-0.25, -0.2) is 9.80 Å². The second-order valence-corrected chi connectivity index (χ2v) is 7.36. The van der Waals surface area contributed by atoms with Crippen LogP contribution in [-0.2, 0) is 4.79 Å². The van der Waals surface area contributed by atoms with Crippen LogP contribution in [0.25, 0.3) is 0 Å². The molecular formula is C20H24N4O3S. The average molecular weight is 401 g/mol. The number of carbonyl (C=O) groups excluding carboxylic acids is 2. The summed E-state index contributed by atoms with van der Waals surface area (Å²) in [6.07, 6.45) is 0.595. The van der Waals surface area contributed by atoms with Crippen molar-refractivity contribution in [1.82, 2.24) is 15.2 Å². The molecule has 148 valence electrons. The van der Waals surface area contributed by atoms with Crippen LogP contribution >= 0.6 is 11.3 Å². The molecule has 2 aromatic rings. The van der Waals surface area contributed by atoms with Crippen molar-refractivity contribution in [3.05, 3.63) is 52.2 Å². The fourth-order valence-corrected chi connectivity index (χ4v) is 3.87. The van der Waals surface area contributed by atoms with E-state index in [1.807, 2.05) is 48.7 Å². The second-order valence-electron chi connectivity index (χ2n) is 6.42. The Balaban J connectivity index is 1.88. The second kappa shape index (κ2) is 8.88. The van der Waals surface area contributed by atoms with Gasteiger partial charge < -0.3 is 15.0 Å². The molecule has 0 saturated carbocycles. The maximum absolute atomic E-state index is 13.0. The number of hydrazone groups is 1. The highest BCUT2D eigenvalue weighted by Crippen LogP contribution is 2.37. The number of methoxy groups -OCH3 is 1. The van der Waals surface area contributed by atoms with E-state index in [9.17, 15) is 9.59 Å². The third-order valence-electron chi connectivity index (χ3n) is 4.52. The third kappa shape index (κ3) is 4.17. The number of para-hydroxylation sites is 1. The number of benzene rings is 1. The molecule has 1 N–H and O–H groups in total. The topological polar surface area (TPSA) is 74.2 Å². The van der Waals surface area contributed by atoms with Gasteiger partial charge in [-0.1, -0.05) is 24.3 Å². The lowest BCUT2D eigenvalue weighted by Crippen LogP contribution is -2.43. The van der Waals surface area contributed by atoms with Crippen molar-refractivity contribution in [2.24, 2.45) is 5.10 Å². The number of thiophene rings is 1. The van der Waals surface area contributed by atoms with Gasteiger partial charge in [-0.15, -0.1) is 11.3 Å². The SMILES string of the molecule is CCNC(=O)N(C)CC(=O)N1N=C(c2cccs2)CC1c1ccccc1OC. The smallest absolute Gasteiger partial charge is 0.317 e. The molecule has 1 aromatic heterocycles. The van der Waals surface area contributed by atoms with Gasteiger partial charge in [-0.2, -0.15) is 5.10 Å². The van der Waals surface area contributed by atoms with E-state index in [-0.39, 0.29) is 24.5 Å². The maximum atomic E-state index is 13.0. The van der Waals surface area contributed by atoms with Crippen molar-refractivity contribution < 1.29 is 14.3 Å². The Bertz CT molecular complexity index is 866. The summed E-state index contributed by atoms with van der Waals surface area (Å²) in [5, 5.41) is 10.8. The molecule has 1 aromatic carbocycles. The van der Waals surface area contributed by atoms with Gasteiger partial charge in [0.2, 0.25) is 0 Å². The first kappa shape index (κ1) is 19.9. The standard InChI is InChI=1S/C20H24N4O3S/c1-4-21-20(26)23(2)13-19(25)24-16(14-8-5-6-9-17(14)27-3)12-15(22-24)18-10-7-11-28-18/h5-11,16H,4,12-13H2,1-3H3,(H,21,26). The first-order chi connectivity index (χ1) is 13.5. The first-order valence-corrected chi connectivity index (χ1v) is 9.98. The van der Waals surface area contributed by atoms with Gasteiger partial charge in [-0.05, 0) is 24.4 Å². The van der Waals surface area contributed by atoms with Crippen molar-refractivity contribution >= 4 is 29.0 Å². The van der Waals surface area contributed by atoms with Gasteiger partial charge in [0.15, 0.2) is 0 Å². The minimum Gasteiger partial charge on any atom is -0.496 e. The van der Waals surface area contributed by atoms with Crippen LogP contribution in [0.1, 0.15) is 29.8 Å². The zero-order valence-electron chi connectivity index (χ0n) is 16.2. The molecule has 1 unspecified atom stereocenters. The average Bonchev–Trinajstić information content (AvgIpc) is 3.37. The molecular weight excluding hydrogens is 376 g/mol. The van der Waals surface area contributed by atoms with Gasteiger partial charge in [0.1, 0.15) is 12.3 Å². The normalized spacial score (nSPS) is 15.9. The van der Waals surface area contributed by atoms with Crippen molar-refractivity contribution in [3.63, 3.8) is 0 Å². The van der Waals surface area contributed by atoms with Gasteiger partial charge in [0, 0.05) is 25.6 Å². The predicted octanol–water partition coefficient (Wildman–Crippen LogP) is 3.10. The summed E-state index contributed by atoms with van der Waals surface area (Å²) in [5.74, 6) is 0.473. The van der Waals surface area contributed by atoms with E-state index in [2.05, 4.69) is 10.4 Å². The van der Waals surface area contributed by atoms with E-state index in [0.717, 1.165) is 16.2 Å². The minimum absolute atomic E-state index is 0.0568. The number of hydrogen-bond acceptors (Lipinski definition) is 5. The number of hydrogen-bond donors (Lipinski definition) is 1. The number of nitrogens with one attached hydrogen (secondary N) is 1. The number of nitrogens with zero attached hydrogens (tertiary/aromatic N) is 3. The number of likely N-dealkylation sites (N-methyl/N-ethyl adjacent to an activating group) is 1. The van der Waals surface area contributed by atoms with Crippen molar-refractivity contribution in [1.29, 1.82) is 0 Å². The predicted molar refractivity (Wildman–Crippen MR) is 110 cm³/mol. The lowest BCUT2D eigenvalue weighted by molar-refractivity contribution is -0.133. The summed E-state index contributed by atoms with van der Waals surface area (Å²) in [6.45, 7) is 2.29. The van der Waals surface area contributed by atoms with E-state index < -0.39 is 0 Å². The Morgan fingerprint density at radius 2 is 2.11 bits per heavy atom. The molecule has 1 aliphatic rings. The molecule has 28 heavy (non-hydrogen) atoms. The largest absolute Gasteiger partial charge is 0.496 e. The lowest BCUT2D eigenvalue weighted by atomic mass is 10.00. The van der Waals surface area contributed by atoms with Crippen LogP contribution in [0.4, 0.5) is 4.79 Å². The zero-order chi connectivity index (χ0) is 20.1. The molecule has 8 heteroatoms. The Morgan fingerprint density at radius 1 is 1.32 bits per heavy atom. The van der Waals surface area contributed by atoms with E-state index in [0.29, 0.717) is 18.7 Å². The number of ether oxygens (including phenoxy) is 1. The molecule has 0 radical (unpaired) electrons. The molecule has 2 heterocycles. The summed E-state index contributed by atoms with van der Waals surface area (Å²) in [6, 6.07) is 11.0. The number of rotatable bonds is 6. The third-order valence-corrected chi connectivity index (χ3v) is 5.44. The monoisotopic (exact) mass is 400 g/mol. The summed E-state index contributed by atoms with van der Waals surface area (Å²) in [5.41, 5.74) is 1.76. The maximum Gasteiger partial charge on any atom is 0.317 e. The molecule has 1 aliphatic heterocycles. The summed E-state index contributed by atoms with van der Waals surface area (Å²) < 4.78 is 5.50. The Morgan fingerprint density at radius 3 is 2.79 bits per heavy atom. The van der Waals surface area contributed by atoms with Gasteiger partial charge in [0.25, 0.3) is 5.91 Å². The lowest BCUT2D eigenvalue weighted by Gasteiger charge is -2.25. The van der Waals surface area contributed by atoms with Gasteiger partial charge >= 0.3 is 6.03 Å². The van der Waals surface area contributed by atoms with Crippen molar-refractivity contribution in [3.8, 4) is 5.75 Å². The zero-order valence-corrected chi connectivity index (χ0v) is 17.0. The van der Waals surface area contributed by atoms with Crippen LogP contribution in [0.15, 0.2) is 46.9 Å². The Labute approximate surface area is 168 Å². The van der Waals surface area contributed by atoms with Crippen LogP contribution < -0.4 is 10.1 Å². The molecule has 0 spiro atoms. The van der Waals surface area contributed by atoms with E-state index in [1.165, 1.54) is 9.91 Å². The van der Waals surface area contributed by atoms with Gasteiger partial charge in [-0.3, -0.25) is 4.79 Å². The first-order valence-electron chi connectivity index (χ1n) is 9.10. The summed E-state index contributed by atoms with van der Waals surface area (Å²) in [4.78, 5) is 27.4. The fourth-order valence-electron chi connectivity index (χ4n) is 3.15. The minimum atomic E-state index is -0.286.